The van der Waals surface area contributed by atoms with Crippen molar-refractivity contribution in [1.29, 1.82) is 0 Å². The number of oxazole rings is 1. The van der Waals surface area contributed by atoms with Gasteiger partial charge in [0.1, 0.15) is 6.26 Å². The summed E-state index contributed by atoms with van der Waals surface area (Å²) in [6, 6.07) is 6.18. The molecule has 1 aromatic carbocycles. The Morgan fingerprint density at radius 3 is 2.56 bits per heavy atom. The van der Waals surface area contributed by atoms with E-state index in [0.717, 1.165) is 43.6 Å². The molecule has 0 bridgehead atoms. The van der Waals surface area contributed by atoms with E-state index in [1.165, 1.54) is 12.1 Å². The van der Waals surface area contributed by atoms with E-state index < -0.39 is 4.92 Å². The Morgan fingerprint density at radius 1 is 1.32 bits per heavy atom. The Bertz CT molecular complexity index is 712. The first kappa shape index (κ1) is 17.6. The van der Waals surface area contributed by atoms with Crippen LogP contribution in [-0.2, 0) is 6.54 Å². The Balaban J connectivity index is 1.62. The molecule has 2 aromatic rings. The highest BCUT2D eigenvalue weighted by Crippen LogP contribution is 2.34. The summed E-state index contributed by atoms with van der Waals surface area (Å²) in [6.45, 7) is 4.98. The molecule has 0 saturated carbocycles. The minimum atomic E-state index is -0.427. The molecule has 0 amide bonds. The molecule has 1 aliphatic rings. The van der Waals surface area contributed by atoms with Crippen LogP contribution >= 0.6 is 0 Å². The third kappa shape index (κ3) is 3.88. The average molecular weight is 345 g/mol. The average Bonchev–Trinajstić information content (AvgIpc) is 3.11. The van der Waals surface area contributed by atoms with Gasteiger partial charge in [0, 0.05) is 30.8 Å². The predicted octanol–water partition coefficient (Wildman–Crippen LogP) is 3.23. The zero-order valence-corrected chi connectivity index (χ0v) is 14.4. The lowest BCUT2D eigenvalue weighted by Crippen LogP contribution is -2.41. The van der Waals surface area contributed by atoms with Crippen LogP contribution in [-0.4, -0.2) is 39.6 Å². The Labute approximate surface area is 146 Å². The Kier molecular flexibility index (Phi) is 5.15. The SMILES string of the molecule is CCC1(CO)CCN(Cc2coc(-c3ccc([N+](=O)[O-])cc3)n2)CC1. The molecule has 0 aliphatic carbocycles. The van der Waals surface area contributed by atoms with Crippen LogP contribution in [0.15, 0.2) is 34.9 Å². The fourth-order valence-corrected chi connectivity index (χ4v) is 3.28. The van der Waals surface area contributed by atoms with E-state index in [4.69, 9.17) is 4.42 Å². The number of aromatic nitrogens is 1. The van der Waals surface area contributed by atoms with Crippen LogP contribution in [0.3, 0.4) is 0 Å². The molecule has 0 spiro atoms. The number of likely N-dealkylation sites (tertiary alicyclic amines) is 1. The molecule has 3 rings (SSSR count). The second kappa shape index (κ2) is 7.33. The summed E-state index contributed by atoms with van der Waals surface area (Å²) in [6.07, 6.45) is 4.64. The molecule has 0 atom stereocenters. The number of rotatable bonds is 6. The third-order valence-electron chi connectivity index (χ3n) is 5.26. The minimum absolute atomic E-state index is 0.0483. The van der Waals surface area contributed by atoms with Crippen LogP contribution in [0.1, 0.15) is 31.9 Å². The van der Waals surface area contributed by atoms with Crippen LogP contribution in [0, 0.1) is 15.5 Å². The monoisotopic (exact) mass is 345 g/mol. The van der Waals surface area contributed by atoms with E-state index in [9.17, 15) is 15.2 Å². The van der Waals surface area contributed by atoms with Gasteiger partial charge in [-0.15, -0.1) is 0 Å². The van der Waals surface area contributed by atoms with Crippen LogP contribution in [0.2, 0.25) is 0 Å². The maximum Gasteiger partial charge on any atom is 0.269 e. The van der Waals surface area contributed by atoms with E-state index in [1.807, 2.05) is 0 Å². The van der Waals surface area contributed by atoms with Gasteiger partial charge in [0.2, 0.25) is 5.89 Å². The zero-order valence-electron chi connectivity index (χ0n) is 14.4. The molecular weight excluding hydrogens is 322 g/mol. The van der Waals surface area contributed by atoms with Gasteiger partial charge in [0.05, 0.1) is 10.6 Å². The molecule has 25 heavy (non-hydrogen) atoms. The van der Waals surface area contributed by atoms with E-state index in [2.05, 4.69) is 16.8 Å². The third-order valence-corrected chi connectivity index (χ3v) is 5.26. The summed E-state index contributed by atoms with van der Waals surface area (Å²) in [5, 5.41) is 20.3. The lowest BCUT2D eigenvalue weighted by molar-refractivity contribution is -0.384. The van der Waals surface area contributed by atoms with E-state index in [0.29, 0.717) is 12.4 Å². The van der Waals surface area contributed by atoms with Gasteiger partial charge >= 0.3 is 0 Å². The molecule has 7 nitrogen and oxygen atoms in total. The van der Waals surface area contributed by atoms with E-state index in [1.54, 1.807) is 18.4 Å². The number of nitrogens with zero attached hydrogens (tertiary/aromatic N) is 3. The maximum atomic E-state index is 10.7. The van der Waals surface area contributed by atoms with Crippen molar-refractivity contribution in [1.82, 2.24) is 9.88 Å². The Morgan fingerprint density at radius 2 is 2.00 bits per heavy atom. The summed E-state index contributed by atoms with van der Waals surface area (Å²) < 4.78 is 5.53. The van der Waals surface area contributed by atoms with Crippen molar-refractivity contribution in [2.24, 2.45) is 5.41 Å². The molecule has 0 unspecified atom stereocenters. The lowest BCUT2D eigenvalue weighted by Gasteiger charge is -2.39. The number of nitro benzene ring substituents is 1. The minimum Gasteiger partial charge on any atom is -0.444 e. The van der Waals surface area contributed by atoms with Gasteiger partial charge in [-0.2, -0.15) is 0 Å². The number of piperidine rings is 1. The van der Waals surface area contributed by atoms with Crippen molar-refractivity contribution in [3.05, 3.63) is 46.3 Å². The fourth-order valence-electron chi connectivity index (χ4n) is 3.28. The molecule has 2 heterocycles. The number of hydrogen-bond acceptors (Lipinski definition) is 6. The Hall–Kier alpha value is -2.25. The van der Waals surface area contributed by atoms with Gasteiger partial charge < -0.3 is 9.52 Å². The van der Waals surface area contributed by atoms with Crippen molar-refractivity contribution < 1.29 is 14.4 Å². The van der Waals surface area contributed by atoms with E-state index >= 15 is 0 Å². The number of nitro groups is 1. The summed E-state index contributed by atoms with van der Waals surface area (Å²) >= 11 is 0. The summed E-state index contributed by atoms with van der Waals surface area (Å²) in [4.78, 5) is 17.1. The first-order valence-electron chi connectivity index (χ1n) is 8.58. The van der Waals surface area contributed by atoms with Crippen LogP contribution in [0.5, 0.6) is 0 Å². The molecule has 1 fully saturated rings. The predicted molar refractivity (Wildman–Crippen MR) is 92.9 cm³/mol. The first-order valence-corrected chi connectivity index (χ1v) is 8.58. The van der Waals surface area contributed by atoms with Gasteiger partial charge in [-0.1, -0.05) is 6.92 Å². The number of aliphatic hydroxyl groups excluding tert-OH is 1. The normalized spacial score (nSPS) is 17.5. The smallest absolute Gasteiger partial charge is 0.269 e. The number of aliphatic hydroxyl groups is 1. The highest BCUT2D eigenvalue weighted by Gasteiger charge is 2.32. The standard InChI is InChI=1S/C18H23N3O4/c1-2-18(13-22)7-9-20(10-8-18)11-15-12-25-17(19-15)14-3-5-16(6-4-14)21(23)24/h3-6,12,22H,2,7-11,13H2,1H3. The van der Waals surface area contributed by atoms with Crippen molar-refractivity contribution in [3.63, 3.8) is 0 Å². The highest BCUT2D eigenvalue weighted by atomic mass is 16.6. The van der Waals surface area contributed by atoms with E-state index in [-0.39, 0.29) is 17.7 Å². The molecule has 1 aliphatic heterocycles. The topological polar surface area (TPSA) is 92.6 Å². The van der Waals surface area contributed by atoms with Crippen molar-refractivity contribution in [2.45, 2.75) is 32.7 Å². The van der Waals surface area contributed by atoms with Gasteiger partial charge in [-0.3, -0.25) is 15.0 Å². The lowest BCUT2D eigenvalue weighted by atomic mass is 9.77. The number of hydrogen-bond donors (Lipinski definition) is 1. The van der Waals surface area contributed by atoms with Gasteiger partial charge in [-0.25, -0.2) is 4.98 Å². The number of benzene rings is 1. The van der Waals surface area contributed by atoms with Crippen molar-refractivity contribution in [3.8, 4) is 11.5 Å². The molecule has 0 radical (unpaired) electrons. The molecular formula is C18H23N3O4. The molecule has 1 aromatic heterocycles. The van der Waals surface area contributed by atoms with Gasteiger partial charge in [0.15, 0.2) is 0 Å². The molecule has 134 valence electrons. The number of non-ortho nitro benzene ring substituents is 1. The highest BCUT2D eigenvalue weighted by molar-refractivity contribution is 5.55. The second-order valence-corrected chi connectivity index (χ2v) is 6.74. The summed E-state index contributed by atoms with van der Waals surface area (Å²) in [5.41, 5.74) is 1.69. The van der Waals surface area contributed by atoms with Crippen molar-refractivity contribution >= 4 is 5.69 Å². The van der Waals surface area contributed by atoms with Crippen LogP contribution in [0.25, 0.3) is 11.5 Å². The van der Waals surface area contributed by atoms with Crippen molar-refractivity contribution in [2.75, 3.05) is 19.7 Å². The molecule has 7 heteroatoms. The maximum absolute atomic E-state index is 10.7. The second-order valence-electron chi connectivity index (χ2n) is 6.74. The first-order chi connectivity index (χ1) is 12.0. The summed E-state index contributed by atoms with van der Waals surface area (Å²) in [5.74, 6) is 0.472. The summed E-state index contributed by atoms with van der Waals surface area (Å²) in [7, 11) is 0. The van der Waals surface area contributed by atoms with Crippen LogP contribution < -0.4 is 0 Å². The quantitative estimate of drug-likeness (QED) is 0.638. The zero-order chi connectivity index (χ0) is 17.9. The van der Waals surface area contributed by atoms with Crippen LogP contribution in [0.4, 0.5) is 5.69 Å². The largest absolute Gasteiger partial charge is 0.444 e. The molecule has 1 N–H and O–H groups in total. The molecule has 1 saturated heterocycles. The van der Waals surface area contributed by atoms with Gasteiger partial charge in [-0.05, 0) is 49.9 Å². The fraction of sp³-hybridized carbons (Fsp3) is 0.500. The van der Waals surface area contributed by atoms with Gasteiger partial charge in [0.25, 0.3) is 5.69 Å².